The molecule has 2 aromatic carbocycles. The largest absolute Gasteiger partial charge is 0.492 e. The zero-order valence-electron chi connectivity index (χ0n) is 12.8. The molecule has 6 heteroatoms. The average Bonchev–Trinajstić information content (AvgIpc) is 2.53. The molecule has 0 saturated carbocycles. The van der Waals surface area contributed by atoms with Crippen molar-refractivity contribution in [2.75, 3.05) is 18.9 Å². The molecular weight excluding hydrogens is 317 g/mol. The van der Waals surface area contributed by atoms with Crippen molar-refractivity contribution in [1.82, 2.24) is 5.32 Å². The van der Waals surface area contributed by atoms with Gasteiger partial charge in [0.15, 0.2) is 0 Å². The predicted octanol–water partition coefficient (Wildman–Crippen LogP) is 2.44. The number of hydrogen-bond donors (Lipinski definition) is 1. The van der Waals surface area contributed by atoms with Gasteiger partial charge in [-0.1, -0.05) is 12.1 Å². The van der Waals surface area contributed by atoms with Crippen LogP contribution < -0.4 is 10.1 Å². The monoisotopic (exact) mass is 335 g/mol. The number of carbonyl (C=O) groups is 1. The van der Waals surface area contributed by atoms with Crippen LogP contribution in [0.5, 0.6) is 5.75 Å². The van der Waals surface area contributed by atoms with Crippen molar-refractivity contribution in [3.8, 4) is 5.75 Å². The van der Waals surface area contributed by atoms with Crippen molar-refractivity contribution in [3.05, 3.63) is 59.9 Å². The van der Waals surface area contributed by atoms with Crippen molar-refractivity contribution >= 4 is 16.7 Å². The summed E-state index contributed by atoms with van der Waals surface area (Å²) in [5.41, 5.74) is 1.00. The molecule has 2 aromatic rings. The van der Waals surface area contributed by atoms with E-state index in [9.17, 15) is 13.4 Å². The SMILES string of the molecule is Cc1cccc([S@](=O)CC(=O)NCCOc2ccc(F)cc2)c1. The molecule has 0 bridgehead atoms. The van der Waals surface area contributed by atoms with Gasteiger partial charge in [0.05, 0.1) is 17.3 Å². The van der Waals surface area contributed by atoms with Gasteiger partial charge in [-0.3, -0.25) is 9.00 Å². The number of aryl methyl sites for hydroxylation is 1. The lowest BCUT2D eigenvalue weighted by molar-refractivity contribution is -0.118. The highest BCUT2D eigenvalue weighted by Gasteiger charge is 2.10. The summed E-state index contributed by atoms with van der Waals surface area (Å²) in [5.74, 6) is -0.180. The molecule has 0 aliphatic carbocycles. The molecule has 0 aliphatic heterocycles. The van der Waals surface area contributed by atoms with Crippen molar-refractivity contribution < 1.29 is 18.1 Å². The van der Waals surface area contributed by atoms with Crippen LogP contribution in [0, 0.1) is 12.7 Å². The summed E-state index contributed by atoms with van der Waals surface area (Å²) in [7, 11) is -1.36. The highest BCUT2D eigenvalue weighted by atomic mass is 32.2. The van der Waals surface area contributed by atoms with Gasteiger partial charge in [0.1, 0.15) is 23.9 Å². The number of amides is 1. The van der Waals surface area contributed by atoms with Gasteiger partial charge in [-0.05, 0) is 48.9 Å². The van der Waals surface area contributed by atoms with Gasteiger partial charge in [0, 0.05) is 4.90 Å². The van der Waals surface area contributed by atoms with Crippen LogP contribution >= 0.6 is 0 Å². The molecule has 23 heavy (non-hydrogen) atoms. The number of carbonyl (C=O) groups excluding carboxylic acids is 1. The second kappa shape index (κ2) is 8.43. The Morgan fingerprint density at radius 1 is 1.22 bits per heavy atom. The molecule has 0 radical (unpaired) electrons. The third-order valence-electron chi connectivity index (χ3n) is 3.02. The third kappa shape index (κ3) is 5.83. The van der Waals surface area contributed by atoms with E-state index in [2.05, 4.69) is 5.32 Å². The fourth-order valence-corrected chi connectivity index (χ4v) is 2.96. The zero-order valence-corrected chi connectivity index (χ0v) is 13.6. The summed E-state index contributed by atoms with van der Waals surface area (Å²) in [4.78, 5) is 12.4. The maximum Gasteiger partial charge on any atom is 0.233 e. The summed E-state index contributed by atoms with van der Waals surface area (Å²) in [6.07, 6.45) is 0. The first kappa shape index (κ1) is 17.1. The Kier molecular flexibility index (Phi) is 6.29. The molecule has 122 valence electrons. The molecule has 0 heterocycles. The van der Waals surface area contributed by atoms with Crippen molar-refractivity contribution in [2.45, 2.75) is 11.8 Å². The fourth-order valence-electron chi connectivity index (χ4n) is 1.90. The molecule has 0 unspecified atom stereocenters. The zero-order chi connectivity index (χ0) is 16.7. The minimum Gasteiger partial charge on any atom is -0.492 e. The normalized spacial score (nSPS) is 11.7. The molecule has 0 aliphatic rings. The van der Waals surface area contributed by atoms with E-state index >= 15 is 0 Å². The summed E-state index contributed by atoms with van der Waals surface area (Å²) in [6, 6.07) is 12.9. The third-order valence-corrected chi connectivity index (χ3v) is 4.33. The summed E-state index contributed by atoms with van der Waals surface area (Å²) in [6.45, 7) is 2.46. The lowest BCUT2D eigenvalue weighted by Gasteiger charge is -2.08. The number of benzene rings is 2. The van der Waals surface area contributed by atoms with Gasteiger partial charge in [0.25, 0.3) is 0 Å². The van der Waals surface area contributed by atoms with Crippen LogP contribution in [0.1, 0.15) is 5.56 Å². The number of halogens is 1. The molecule has 4 nitrogen and oxygen atoms in total. The first-order valence-corrected chi connectivity index (χ1v) is 8.46. The number of rotatable bonds is 7. The van der Waals surface area contributed by atoms with Crippen LogP contribution in [0.25, 0.3) is 0 Å². The molecule has 0 fully saturated rings. The van der Waals surface area contributed by atoms with E-state index in [0.29, 0.717) is 17.2 Å². The maximum absolute atomic E-state index is 12.7. The first-order chi connectivity index (χ1) is 11.0. The van der Waals surface area contributed by atoms with Crippen molar-refractivity contribution in [1.29, 1.82) is 0 Å². The Balaban J connectivity index is 1.70. The molecule has 1 amide bonds. The van der Waals surface area contributed by atoms with Gasteiger partial charge in [-0.25, -0.2) is 4.39 Å². The van der Waals surface area contributed by atoms with E-state index < -0.39 is 10.8 Å². The number of hydrogen-bond acceptors (Lipinski definition) is 3. The van der Waals surface area contributed by atoms with Gasteiger partial charge in [-0.2, -0.15) is 0 Å². The summed E-state index contributed by atoms with van der Waals surface area (Å²) < 4.78 is 30.2. The molecule has 1 atom stereocenters. The molecule has 0 aromatic heterocycles. The van der Waals surface area contributed by atoms with Crippen molar-refractivity contribution in [2.24, 2.45) is 0 Å². The second-order valence-electron chi connectivity index (χ2n) is 4.96. The van der Waals surface area contributed by atoms with Gasteiger partial charge in [0.2, 0.25) is 5.91 Å². The van der Waals surface area contributed by atoms with Crippen molar-refractivity contribution in [3.63, 3.8) is 0 Å². The summed E-state index contributed by atoms with van der Waals surface area (Å²) in [5, 5.41) is 2.65. The van der Waals surface area contributed by atoms with E-state index in [1.165, 1.54) is 24.3 Å². The van der Waals surface area contributed by atoms with Gasteiger partial charge < -0.3 is 10.1 Å². The molecule has 2 rings (SSSR count). The summed E-state index contributed by atoms with van der Waals surface area (Å²) >= 11 is 0. The maximum atomic E-state index is 12.7. The average molecular weight is 335 g/mol. The van der Waals surface area contributed by atoms with Crippen LogP contribution in [0.2, 0.25) is 0 Å². The van der Waals surface area contributed by atoms with E-state index in [-0.39, 0.29) is 24.1 Å². The van der Waals surface area contributed by atoms with Crippen LogP contribution in [-0.2, 0) is 15.6 Å². The smallest absolute Gasteiger partial charge is 0.233 e. The highest BCUT2D eigenvalue weighted by molar-refractivity contribution is 7.85. The Morgan fingerprint density at radius 3 is 2.65 bits per heavy atom. The van der Waals surface area contributed by atoms with Crippen LogP contribution in [0.4, 0.5) is 4.39 Å². The topological polar surface area (TPSA) is 55.4 Å². The fraction of sp³-hybridized carbons (Fsp3) is 0.235. The van der Waals surface area contributed by atoms with Gasteiger partial charge >= 0.3 is 0 Å². The van der Waals surface area contributed by atoms with Crippen LogP contribution in [-0.4, -0.2) is 29.0 Å². The molecule has 1 N–H and O–H groups in total. The quantitative estimate of drug-likeness (QED) is 0.791. The molecule has 0 spiro atoms. The van der Waals surface area contributed by atoms with Crippen LogP contribution in [0.15, 0.2) is 53.4 Å². The van der Waals surface area contributed by atoms with E-state index in [1.54, 1.807) is 12.1 Å². The Morgan fingerprint density at radius 2 is 1.96 bits per heavy atom. The lowest BCUT2D eigenvalue weighted by Crippen LogP contribution is -2.31. The second-order valence-corrected chi connectivity index (χ2v) is 6.41. The lowest BCUT2D eigenvalue weighted by atomic mass is 10.2. The predicted molar refractivity (Wildman–Crippen MR) is 87.4 cm³/mol. The van der Waals surface area contributed by atoms with E-state index in [1.807, 2.05) is 19.1 Å². The molecule has 0 saturated heterocycles. The Labute approximate surface area is 137 Å². The Bertz CT molecular complexity index is 688. The van der Waals surface area contributed by atoms with E-state index in [0.717, 1.165) is 5.56 Å². The van der Waals surface area contributed by atoms with Crippen LogP contribution in [0.3, 0.4) is 0 Å². The minimum atomic E-state index is -1.36. The minimum absolute atomic E-state index is 0.0833. The first-order valence-electron chi connectivity index (χ1n) is 7.15. The highest BCUT2D eigenvalue weighted by Crippen LogP contribution is 2.11. The van der Waals surface area contributed by atoms with E-state index in [4.69, 9.17) is 4.74 Å². The standard InChI is InChI=1S/C17H18FNO3S/c1-13-3-2-4-16(11-13)23(21)12-17(20)19-9-10-22-15-7-5-14(18)6-8-15/h2-8,11H,9-10,12H2,1H3,(H,19,20)/t23-/m1/s1. The molecular formula is C17H18FNO3S. The van der Waals surface area contributed by atoms with Gasteiger partial charge in [-0.15, -0.1) is 0 Å². The Hall–Kier alpha value is -2.21. The number of ether oxygens (including phenoxy) is 1. The number of nitrogens with one attached hydrogen (secondary N) is 1.